The molecule has 20 heavy (non-hydrogen) atoms. The highest BCUT2D eigenvalue weighted by atomic mass is 79.9. The topological polar surface area (TPSA) is 61.0 Å². The van der Waals surface area contributed by atoms with Crippen LogP contribution in [0.5, 0.6) is 11.8 Å². The molecule has 0 bridgehead atoms. The highest BCUT2D eigenvalue weighted by Crippen LogP contribution is 2.33. The van der Waals surface area contributed by atoms with Crippen LogP contribution in [-0.4, -0.2) is 15.1 Å². The van der Waals surface area contributed by atoms with Crippen LogP contribution in [0.1, 0.15) is 0 Å². The maximum Gasteiger partial charge on any atom is 0.321 e. The number of aromatic nitrogens is 3. The Balaban J connectivity index is 1.96. The van der Waals surface area contributed by atoms with Gasteiger partial charge in [0.15, 0.2) is 5.76 Å². The first-order valence-electron chi connectivity index (χ1n) is 5.59. The van der Waals surface area contributed by atoms with E-state index in [0.717, 1.165) is 5.56 Å². The molecule has 0 amide bonds. The highest BCUT2D eigenvalue weighted by molar-refractivity contribution is 9.10. The average Bonchev–Trinajstić information content (AvgIpc) is 2.88. The Morgan fingerprint density at radius 1 is 1.15 bits per heavy atom. The van der Waals surface area contributed by atoms with Crippen molar-refractivity contribution >= 4 is 27.5 Å². The molecule has 0 spiro atoms. The number of nitrogens with zero attached hydrogens (tertiary/aromatic N) is 3. The van der Waals surface area contributed by atoms with Crippen molar-refractivity contribution in [2.24, 2.45) is 0 Å². The first kappa shape index (κ1) is 13.1. The van der Waals surface area contributed by atoms with E-state index in [-0.39, 0.29) is 6.01 Å². The number of hydrogen-bond donors (Lipinski definition) is 0. The molecular weight excluding hydrogens is 346 g/mol. The molecule has 100 valence electrons. The van der Waals surface area contributed by atoms with Gasteiger partial charge in [0.1, 0.15) is 10.4 Å². The predicted molar refractivity (Wildman–Crippen MR) is 76.8 cm³/mol. The molecule has 0 aliphatic heterocycles. The van der Waals surface area contributed by atoms with Crippen molar-refractivity contribution in [1.82, 2.24) is 15.1 Å². The quantitative estimate of drug-likeness (QED) is 0.701. The van der Waals surface area contributed by atoms with Crippen molar-refractivity contribution in [3.63, 3.8) is 0 Å². The van der Waals surface area contributed by atoms with E-state index in [0.29, 0.717) is 21.1 Å². The number of benzene rings is 1. The molecule has 2 heterocycles. The van der Waals surface area contributed by atoms with Crippen molar-refractivity contribution in [1.29, 1.82) is 0 Å². The standard InChI is InChI=1S/C13H7BrClN3O2/c14-12-5-11(20-18-12)9-3-1-2-4-10(9)19-13-16-6-8(15)7-17-13/h1-7H. The van der Waals surface area contributed by atoms with Gasteiger partial charge in [-0.1, -0.05) is 28.9 Å². The van der Waals surface area contributed by atoms with Crippen LogP contribution in [0.25, 0.3) is 11.3 Å². The van der Waals surface area contributed by atoms with Gasteiger partial charge in [0, 0.05) is 6.07 Å². The van der Waals surface area contributed by atoms with E-state index in [1.54, 1.807) is 12.1 Å². The Hall–Kier alpha value is -1.92. The van der Waals surface area contributed by atoms with E-state index in [1.807, 2.05) is 18.2 Å². The van der Waals surface area contributed by atoms with Gasteiger partial charge in [-0.2, -0.15) is 0 Å². The van der Waals surface area contributed by atoms with Crippen LogP contribution < -0.4 is 4.74 Å². The molecular formula is C13H7BrClN3O2. The minimum atomic E-state index is 0.209. The molecule has 0 unspecified atom stereocenters. The molecule has 0 N–H and O–H groups in total. The number of halogens is 2. The second-order valence-electron chi connectivity index (χ2n) is 3.80. The zero-order valence-electron chi connectivity index (χ0n) is 9.96. The van der Waals surface area contributed by atoms with Crippen LogP contribution in [0.15, 0.2) is 51.9 Å². The lowest BCUT2D eigenvalue weighted by Crippen LogP contribution is -1.92. The lowest BCUT2D eigenvalue weighted by atomic mass is 10.1. The third kappa shape index (κ3) is 2.81. The zero-order chi connectivity index (χ0) is 13.9. The fourth-order valence-corrected chi connectivity index (χ4v) is 1.97. The SMILES string of the molecule is Clc1cnc(Oc2ccccc2-c2cc(Br)no2)nc1. The summed E-state index contributed by atoms with van der Waals surface area (Å²) in [6.07, 6.45) is 2.94. The number of ether oxygens (including phenoxy) is 1. The van der Waals surface area contributed by atoms with Crippen LogP contribution in [0.2, 0.25) is 5.02 Å². The van der Waals surface area contributed by atoms with Crippen molar-refractivity contribution in [2.45, 2.75) is 0 Å². The van der Waals surface area contributed by atoms with Gasteiger partial charge in [0.25, 0.3) is 0 Å². The number of para-hydroxylation sites is 1. The maximum absolute atomic E-state index is 5.74. The third-order valence-electron chi connectivity index (χ3n) is 2.43. The van der Waals surface area contributed by atoms with Crippen LogP contribution in [0.4, 0.5) is 0 Å². The summed E-state index contributed by atoms with van der Waals surface area (Å²) in [7, 11) is 0. The summed E-state index contributed by atoms with van der Waals surface area (Å²) < 4.78 is 11.5. The molecule has 0 fully saturated rings. The summed E-state index contributed by atoms with van der Waals surface area (Å²) in [6, 6.07) is 9.34. The Labute approximate surface area is 127 Å². The van der Waals surface area contributed by atoms with E-state index in [1.165, 1.54) is 12.4 Å². The van der Waals surface area contributed by atoms with E-state index in [9.17, 15) is 0 Å². The molecule has 1 aromatic carbocycles. The fourth-order valence-electron chi connectivity index (χ4n) is 1.59. The predicted octanol–water partition coefficient (Wildman–Crippen LogP) is 4.34. The maximum atomic E-state index is 5.74. The first-order chi connectivity index (χ1) is 9.72. The largest absolute Gasteiger partial charge is 0.424 e. The molecule has 7 heteroatoms. The zero-order valence-corrected chi connectivity index (χ0v) is 12.3. The van der Waals surface area contributed by atoms with Gasteiger partial charge in [-0.3, -0.25) is 0 Å². The smallest absolute Gasteiger partial charge is 0.321 e. The van der Waals surface area contributed by atoms with Crippen molar-refractivity contribution in [3.05, 3.63) is 52.4 Å². The average molecular weight is 353 g/mol. The lowest BCUT2D eigenvalue weighted by molar-refractivity contribution is 0.418. The summed E-state index contributed by atoms with van der Waals surface area (Å²) in [5.41, 5.74) is 0.754. The molecule has 0 aliphatic carbocycles. The third-order valence-corrected chi connectivity index (χ3v) is 3.00. The summed E-state index contributed by atoms with van der Waals surface area (Å²) in [5.74, 6) is 1.15. The van der Waals surface area contributed by atoms with Gasteiger partial charge < -0.3 is 9.26 Å². The monoisotopic (exact) mass is 351 g/mol. The molecule has 0 saturated carbocycles. The molecule has 0 atom stereocenters. The van der Waals surface area contributed by atoms with E-state index < -0.39 is 0 Å². The Morgan fingerprint density at radius 3 is 2.60 bits per heavy atom. The number of hydrogen-bond acceptors (Lipinski definition) is 5. The number of rotatable bonds is 3. The molecule has 3 rings (SSSR count). The van der Waals surface area contributed by atoms with Crippen LogP contribution in [-0.2, 0) is 0 Å². The molecule has 0 aliphatic rings. The van der Waals surface area contributed by atoms with E-state index in [2.05, 4.69) is 31.1 Å². The van der Waals surface area contributed by atoms with Gasteiger partial charge in [0.2, 0.25) is 0 Å². The van der Waals surface area contributed by atoms with Gasteiger partial charge >= 0.3 is 6.01 Å². The summed E-state index contributed by atoms with van der Waals surface area (Å²) >= 11 is 8.98. The molecule has 2 aromatic heterocycles. The molecule has 3 aromatic rings. The molecule has 0 radical (unpaired) electrons. The highest BCUT2D eigenvalue weighted by Gasteiger charge is 2.12. The lowest BCUT2D eigenvalue weighted by Gasteiger charge is -2.07. The summed E-state index contributed by atoms with van der Waals surface area (Å²) in [4.78, 5) is 7.99. The Kier molecular flexibility index (Phi) is 3.66. The van der Waals surface area contributed by atoms with Gasteiger partial charge in [-0.25, -0.2) is 9.97 Å². The summed E-state index contributed by atoms with van der Waals surface area (Å²) in [5, 5.41) is 4.24. The minimum absolute atomic E-state index is 0.209. The second-order valence-corrected chi connectivity index (χ2v) is 5.04. The minimum Gasteiger partial charge on any atom is -0.424 e. The van der Waals surface area contributed by atoms with E-state index >= 15 is 0 Å². The van der Waals surface area contributed by atoms with Crippen LogP contribution in [0, 0.1) is 0 Å². The van der Waals surface area contributed by atoms with Gasteiger partial charge in [0.05, 0.1) is 23.0 Å². The molecule has 0 saturated heterocycles. The van der Waals surface area contributed by atoms with Crippen molar-refractivity contribution in [3.8, 4) is 23.1 Å². The van der Waals surface area contributed by atoms with Crippen LogP contribution >= 0.6 is 27.5 Å². The van der Waals surface area contributed by atoms with Crippen LogP contribution in [0.3, 0.4) is 0 Å². The van der Waals surface area contributed by atoms with Crippen molar-refractivity contribution < 1.29 is 9.26 Å². The fraction of sp³-hybridized carbons (Fsp3) is 0. The summed E-state index contributed by atoms with van der Waals surface area (Å²) in [6.45, 7) is 0. The van der Waals surface area contributed by atoms with Crippen molar-refractivity contribution in [2.75, 3.05) is 0 Å². The first-order valence-corrected chi connectivity index (χ1v) is 6.76. The van der Waals surface area contributed by atoms with E-state index in [4.69, 9.17) is 20.9 Å². The normalized spacial score (nSPS) is 10.5. The van der Waals surface area contributed by atoms with Gasteiger partial charge in [-0.15, -0.1) is 0 Å². The second kappa shape index (κ2) is 5.60. The Morgan fingerprint density at radius 2 is 1.90 bits per heavy atom. The molecule has 5 nitrogen and oxygen atoms in total. The Bertz CT molecular complexity index is 730. The van der Waals surface area contributed by atoms with Gasteiger partial charge in [-0.05, 0) is 28.1 Å².